The minimum Gasteiger partial charge on any atom is -0.481 e. The minimum atomic E-state index is -0.793. The van der Waals surface area contributed by atoms with Crippen molar-refractivity contribution in [3.63, 3.8) is 0 Å². The van der Waals surface area contributed by atoms with E-state index in [1.165, 1.54) is 0 Å². The van der Waals surface area contributed by atoms with E-state index in [-0.39, 0.29) is 12.3 Å². The zero-order valence-corrected chi connectivity index (χ0v) is 9.20. The third kappa shape index (κ3) is 4.93. The Morgan fingerprint density at radius 1 is 1.44 bits per heavy atom. The van der Waals surface area contributed by atoms with Gasteiger partial charge in [0.15, 0.2) is 0 Å². The van der Waals surface area contributed by atoms with Crippen LogP contribution in [-0.2, 0) is 14.3 Å². The molecule has 5 nitrogen and oxygen atoms in total. The fraction of sp³-hybridized carbons (Fsp3) is 0.636. The average molecular weight is 227 g/mol. The maximum absolute atomic E-state index is 11.5. The lowest BCUT2D eigenvalue weighted by molar-refractivity contribution is -0.137. The Kier molecular flexibility index (Phi) is 5.56. The molecular formula is C11H17NO4. The van der Waals surface area contributed by atoms with Crippen LogP contribution in [0.1, 0.15) is 25.7 Å². The Morgan fingerprint density at radius 3 is 2.88 bits per heavy atom. The summed E-state index contributed by atoms with van der Waals surface area (Å²) in [5.74, 6) is -0.850. The van der Waals surface area contributed by atoms with E-state index in [1.54, 1.807) is 6.08 Å². The average Bonchev–Trinajstić information content (AvgIpc) is 2.29. The van der Waals surface area contributed by atoms with E-state index in [1.807, 2.05) is 0 Å². The standard InChI is InChI=1S/C11H17NO4/c13-10(14)3-1-2-6-12-11(15)9-4-7-16-8-5-9/h4H,1-3,5-8H2,(H,12,15)(H,13,14). The molecule has 0 unspecified atom stereocenters. The lowest BCUT2D eigenvalue weighted by atomic mass is 10.1. The van der Waals surface area contributed by atoms with Gasteiger partial charge in [-0.05, 0) is 12.8 Å². The summed E-state index contributed by atoms with van der Waals surface area (Å²) in [5, 5.41) is 11.2. The van der Waals surface area contributed by atoms with Crippen molar-refractivity contribution in [1.29, 1.82) is 0 Å². The summed E-state index contributed by atoms with van der Waals surface area (Å²) in [5.41, 5.74) is 0.768. The zero-order chi connectivity index (χ0) is 11.8. The highest BCUT2D eigenvalue weighted by Gasteiger charge is 2.11. The van der Waals surface area contributed by atoms with Crippen LogP contribution in [0.3, 0.4) is 0 Å². The molecule has 0 bridgehead atoms. The van der Waals surface area contributed by atoms with E-state index in [0.717, 1.165) is 5.57 Å². The Bertz CT molecular complexity index is 286. The number of carbonyl (C=O) groups is 2. The van der Waals surface area contributed by atoms with E-state index < -0.39 is 5.97 Å². The molecule has 0 aromatic carbocycles. The number of nitrogens with one attached hydrogen (secondary N) is 1. The summed E-state index contributed by atoms with van der Waals surface area (Å²) in [4.78, 5) is 21.8. The lowest BCUT2D eigenvalue weighted by Crippen LogP contribution is -2.28. The van der Waals surface area contributed by atoms with Gasteiger partial charge in [-0.2, -0.15) is 0 Å². The Morgan fingerprint density at radius 2 is 2.25 bits per heavy atom. The number of aliphatic carboxylic acids is 1. The fourth-order valence-corrected chi connectivity index (χ4v) is 1.45. The van der Waals surface area contributed by atoms with Crippen LogP contribution in [-0.4, -0.2) is 36.7 Å². The van der Waals surface area contributed by atoms with E-state index >= 15 is 0 Å². The third-order valence-electron chi connectivity index (χ3n) is 2.36. The first-order valence-electron chi connectivity index (χ1n) is 5.47. The first kappa shape index (κ1) is 12.7. The van der Waals surface area contributed by atoms with Crippen LogP contribution < -0.4 is 5.32 Å². The van der Waals surface area contributed by atoms with Gasteiger partial charge in [-0.3, -0.25) is 9.59 Å². The van der Waals surface area contributed by atoms with Crippen LogP contribution in [0.4, 0.5) is 0 Å². The highest BCUT2D eigenvalue weighted by Crippen LogP contribution is 2.07. The molecular weight excluding hydrogens is 210 g/mol. The molecule has 2 N–H and O–H groups in total. The topological polar surface area (TPSA) is 75.6 Å². The molecule has 0 saturated heterocycles. The van der Waals surface area contributed by atoms with Gasteiger partial charge in [-0.25, -0.2) is 0 Å². The second-order valence-corrected chi connectivity index (χ2v) is 3.66. The van der Waals surface area contributed by atoms with Gasteiger partial charge in [0.05, 0.1) is 13.2 Å². The van der Waals surface area contributed by atoms with E-state index in [0.29, 0.717) is 39.0 Å². The van der Waals surface area contributed by atoms with Crippen molar-refractivity contribution in [3.8, 4) is 0 Å². The summed E-state index contributed by atoms with van der Waals surface area (Å²) in [6.07, 6.45) is 3.89. The van der Waals surface area contributed by atoms with Gasteiger partial charge in [0.1, 0.15) is 0 Å². The van der Waals surface area contributed by atoms with Gasteiger partial charge < -0.3 is 15.2 Å². The number of amides is 1. The van der Waals surface area contributed by atoms with Crippen LogP contribution in [0, 0.1) is 0 Å². The molecule has 1 heterocycles. The molecule has 0 saturated carbocycles. The molecule has 1 amide bonds. The number of unbranched alkanes of at least 4 members (excludes halogenated alkanes) is 1. The Hall–Kier alpha value is -1.36. The summed E-state index contributed by atoms with van der Waals surface area (Å²) in [7, 11) is 0. The van der Waals surface area contributed by atoms with Crippen molar-refractivity contribution in [2.45, 2.75) is 25.7 Å². The zero-order valence-electron chi connectivity index (χ0n) is 9.20. The SMILES string of the molecule is O=C(O)CCCCNC(=O)C1=CCOCC1. The van der Waals surface area contributed by atoms with Gasteiger partial charge in [-0.1, -0.05) is 6.08 Å². The van der Waals surface area contributed by atoms with Crippen molar-refractivity contribution >= 4 is 11.9 Å². The van der Waals surface area contributed by atoms with Crippen molar-refractivity contribution < 1.29 is 19.4 Å². The molecule has 5 heteroatoms. The van der Waals surface area contributed by atoms with Gasteiger partial charge in [0, 0.05) is 25.0 Å². The fourth-order valence-electron chi connectivity index (χ4n) is 1.45. The molecule has 0 fully saturated rings. The molecule has 16 heavy (non-hydrogen) atoms. The minimum absolute atomic E-state index is 0.0568. The van der Waals surface area contributed by atoms with Crippen molar-refractivity contribution in [2.24, 2.45) is 0 Å². The molecule has 1 aliphatic rings. The second-order valence-electron chi connectivity index (χ2n) is 3.66. The number of carbonyl (C=O) groups excluding carboxylic acids is 1. The number of hydrogen-bond donors (Lipinski definition) is 2. The maximum atomic E-state index is 11.5. The van der Waals surface area contributed by atoms with Gasteiger partial charge >= 0.3 is 5.97 Å². The molecule has 0 aliphatic carbocycles. The van der Waals surface area contributed by atoms with Crippen molar-refractivity contribution in [1.82, 2.24) is 5.32 Å². The van der Waals surface area contributed by atoms with Crippen LogP contribution in [0.15, 0.2) is 11.6 Å². The van der Waals surface area contributed by atoms with Crippen LogP contribution >= 0.6 is 0 Å². The van der Waals surface area contributed by atoms with Crippen LogP contribution in [0.25, 0.3) is 0 Å². The summed E-state index contributed by atoms with van der Waals surface area (Å²) in [6, 6.07) is 0. The molecule has 0 aromatic heterocycles. The van der Waals surface area contributed by atoms with E-state index in [4.69, 9.17) is 9.84 Å². The quantitative estimate of drug-likeness (QED) is 0.655. The van der Waals surface area contributed by atoms with E-state index in [2.05, 4.69) is 5.32 Å². The summed E-state index contributed by atoms with van der Waals surface area (Å²) in [6.45, 7) is 1.63. The van der Waals surface area contributed by atoms with E-state index in [9.17, 15) is 9.59 Å². The van der Waals surface area contributed by atoms with Crippen LogP contribution in [0.2, 0.25) is 0 Å². The highest BCUT2D eigenvalue weighted by atomic mass is 16.5. The molecule has 0 atom stereocenters. The number of carboxylic acids is 1. The molecule has 0 aromatic rings. The monoisotopic (exact) mass is 227 g/mol. The third-order valence-corrected chi connectivity index (χ3v) is 2.36. The molecule has 0 spiro atoms. The highest BCUT2D eigenvalue weighted by molar-refractivity contribution is 5.93. The maximum Gasteiger partial charge on any atom is 0.303 e. The van der Waals surface area contributed by atoms with Crippen LogP contribution in [0.5, 0.6) is 0 Å². The lowest BCUT2D eigenvalue weighted by Gasteiger charge is -2.13. The van der Waals surface area contributed by atoms with Gasteiger partial charge in [-0.15, -0.1) is 0 Å². The smallest absolute Gasteiger partial charge is 0.303 e. The summed E-state index contributed by atoms with van der Waals surface area (Å²) < 4.78 is 5.10. The number of rotatable bonds is 6. The number of carboxylic acid groups (broad SMARTS) is 1. The predicted octanol–water partition coefficient (Wildman–Crippen LogP) is 0.704. The molecule has 1 rings (SSSR count). The molecule has 90 valence electrons. The second kappa shape index (κ2) is 7.00. The number of ether oxygens (including phenoxy) is 1. The Balaban J connectivity index is 2.10. The normalized spacial score (nSPS) is 15.4. The Labute approximate surface area is 94.5 Å². The van der Waals surface area contributed by atoms with Gasteiger partial charge in [0.2, 0.25) is 5.91 Å². The predicted molar refractivity (Wildman–Crippen MR) is 58.0 cm³/mol. The first-order valence-corrected chi connectivity index (χ1v) is 5.47. The molecule has 0 radical (unpaired) electrons. The van der Waals surface area contributed by atoms with Crippen molar-refractivity contribution in [2.75, 3.05) is 19.8 Å². The first-order chi connectivity index (χ1) is 7.70. The largest absolute Gasteiger partial charge is 0.481 e. The van der Waals surface area contributed by atoms with Gasteiger partial charge in [0.25, 0.3) is 0 Å². The molecule has 1 aliphatic heterocycles. The van der Waals surface area contributed by atoms with Crippen molar-refractivity contribution in [3.05, 3.63) is 11.6 Å². The number of hydrogen-bond acceptors (Lipinski definition) is 3. The summed E-state index contributed by atoms with van der Waals surface area (Å²) >= 11 is 0.